The fourth-order valence-electron chi connectivity index (χ4n) is 1.35. The Morgan fingerprint density at radius 2 is 1.88 bits per heavy atom. The first-order valence-corrected chi connectivity index (χ1v) is 5.45. The molecule has 0 atom stereocenters. The van der Waals surface area contributed by atoms with Gasteiger partial charge in [-0.3, -0.25) is 0 Å². The number of nitrogen functional groups attached to an aromatic ring is 1. The van der Waals surface area contributed by atoms with Crippen LogP contribution in [0.3, 0.4) is 0 Å². The van der Waals surface area contributed by atoms with Crippen LogP contribution >= 0.6 is 23.2 Å². The number of anilines is 3. The Bertz CT molecular complexity index is 470. The molecule has 0 fully saturated rings. The van der Waals surface area contributed by atoms with Gasteiger partial charge in [-0.1, -0.05) is 23.2 Å². The predicted octanol–water partition coefficient (Wildman–Crippen LogP) is 3.85. The predicted molar refractivity (Wildman–Crippen MR) is 68.4 cm³/mol. The Morgan fingerprint density at radius 3 is 2.53 bits per heavy atom. The molecule has 3 nitrogen and oxygen atoms in total. The van der Waals surface area contributed by atoms with Crippen LogP contribution < -0.4 is 11.1 Å². The third-order valence-corrected chi connectivity index (χ3v) is 2.36. The molecule has 0 aliphatic carbocycles. The summed E-state index contributed by atoms with van der Waals surface area (Å²) in [6.07, 6.45) is 0. The van der Waals surface area contributed by atoms with Crippen LogP contribution in [0.15, 0.2) is 30.3 Å². The zero-order valence-electron chi connectivity index (χ0n) is 8.55. The second-order valence-corrected chi connectivity index (χ2v) is 4.22. The highest BCUT2D eigenvalue weighted by Gasteiger charge is 2.02. The van der Waals surface area contributed by atoms with Gasteiger partial charge in [-0.25, -0.2) is 9.37 Å². The Kier molecular flexibility index (Phi) is 3.36. The van der Waals surface area contributed by atoms with Crippen molar-refractivity contribution in [2.75, 3.05) is 11.1 Å². The molecule has 0 radical (unpaired) electrons. The van der Waals surface area contributed by atoms with E-state index in [1.54, 1.807) is 12.1 Å². The fraction of sp³-hybridized carbons (Fsp3) is 0. The molecule has 1 aromatic carbocycles. The van der Waals surface area contributed by atoms with Gasteiger partial charge in [-0.2, -0.15) is 0 Å². The van der Waals surface area contributed by atoms with Crippen molar-refractivity contribution in [3.63, 3.8) is 0 Å². The van der Waals surface area contributed by atoms with Crippen LogP contribution in [0, 0.1) is 5.82 Å². The second-order valence-electron chi connectivity index (χ2n) is 3.39. The highest BCUT2D eigenvalue weighted by molar-refractivity contribution is 6.31. The average molecular weight is 272 g/mol. The van der Waals surface area contributed by atoms with Gasteiger partial charge in [0.15, 0.2) is 0 Å². The zero-order chi connectivity index (χ0) is 12.4. The van der Waals surface area contributed by atoms with E-state index in [2.05, 4.69) is 10.3 Å². The molecule has 0 spiro atoms. The largest absolute Gasteiger partial charge is 0.399 e. The summed E-state index contributed by atoms with van der Waals surface area (Å²) in [4.78, 5) is 4.00. The second kappa shape index (κ2) is 4.77. The number of nitrogens with two attached hydrogens (primary N) is 1. The minimum absolute atomic E-state index is 0.259. The molecule has 0 bridgehead atoms. The lowest BCUT2D eigenvalue weighted by molar-refractivity contribution is 0.628. The summed E-state index contributed by atoms with van der Waals surface area (Å²) in [7, 11) is 0. The highest BCUT2D eigenvalue weighted by Crippen LogP contribution is 2.23. The number of nitrogens with zero attached hydrogens (tertiary/aromatic N) is 1. The van der Waals surface area contributed by atoms with Crippen molar-refractivity contribution in [3.05, 3.63) is 46.3 Å². The van der Waals surface area contributed by atoms with E-state index in [0.29, 0.717) is 22.2 Å². The van der Waals surface area contributed by atoms with Gasteiger partial charge in [-0.15, -0.1) is 0 Å². The normalized spacial score (nSPS) is 10.3. The molecule has 88 valence electrons. The van der Waals surface area contributed by atoms with Gasteiger partial charge in [0.05, 0.1) is 0 Å². The molecule has 0 aliphatic heterocycles. The van der Waals surface area contributed by atoms with Gasteiger partial charge >= 0.3 is 0 Å². The van der Waals surface area contributed by atoms with Crippen LogP contribution in [0.4, 0.5) is 21.6 Å². The summed E-state index contributed by atoms with van der Waals surface area (Å²) in [5, 5.41) is 3.42. The summed E-state index contributed by atoms with van der Waals surface area (Å²) >= 11 is 11.5. The van der Waals surface area contributed by atoms with Crippen molar-refractivity contribution in [2.45, 2.75) is 0 Å². The smallest absolute Gasteiger partial charge is 0.134 e. The number of rotatable bonds is 2. The lowest BCUT2D eigenvalue weighted by atomic mass is 10.3. The molecule has 0 saturated heterocycles. The monoisotopic (exact) mass is 271 g/mol. The van der Waals surface area contributed by atoms with E-state index in [9.17, 15) is 4.39 Å². The van der Waals surface area contributed by atoms with Crippen molar-refractivity contribution in [1.29, 1.82) is 0 Å². The third kappa shape index (κ3) is 3.22. The van der Waals surface area contributed by atoms with Gasteiger partial charge in [0.1, 0.15) is 16.8 Å². The first-order valence-electron chi connectivity index (χ1n) is 4.69. The Morgan fingerprint density at radius 1 is 1.12 bits per heavy atom. The first kappa shape index (κ1) is 12.0. The third-order valence-electron chi connectivity index (χ3n) is 1.95. The molecule has 0 amide bonds. The van der Waals surface area contributed by atoms with Crippen LogP contribution in [-0.2, 0) is 0 Å². The molecule has 2 aromatic rings. The van der Waals surface area contributed by atoms with E-state index in [1.807, 2.05) is 0 Å². The molecule has 1 aromatic heterocycles. The van der Waals surface area contributed by atoms with Gasteiger partial charge < -0.3 is 11.1 Å². The summed E-state index contributed by atoms with van der Waals surface area (Å²) < 4.78 is 13.1. The van der Waals surface area contributed by atoms with Crippen molar-refractivity contribution < 1.29 is 4.39 Å². The van der Waals surface area contributed by atoms with Crippen molar-refractivity contribution in [3.8, 4) is 0 Å². The van der Waals surface area contributed by atoms with Crippen LogP contribution in [0.5, 0.6) is 0 Å². The molecule has 3 N–H and O–H groups in total. The maximum atomic E-state index is 13.1. The molecule has 6 heteroatoms. The quantitative estimate of drug-likeness (QED) is 0.816. The zero-order valence-corrected chi connectivity index (χ0v) is 10.1. The molecule has 0 saturated carbocycles. The maximum absolute atomic E-state index is 13.1. The minimum atomic E-state index is -0.435. The van der Waals surface area contributed by atoms with Crippen molar-refractivity contribution in [2.24, 2.45) is 0 Å². The van der Waals surface area contributed by atoms with Gasteiger partial charge in [0.25, 0.3) is 0 Å². The standard InChI is InChI=1S/C11H8Cl2FN3/c12-6-1-7(14)3-9(2-6)16-11-5-8(15)4-10(13)17-11/h1-5H,(H3,15,16,17). The van der Waals surface area contributed by atoms with Gasteiger partial charge in [-0.05, 0) is 24.3 Å². The van der Waals surface area contributed by atoms with Gasteiger partial charge in [0, 0.05) is 22.5 Å². The van der Waals surface area contributed by atoms with E-state index in [0.717, 1.165) is 0 Å². The van der Waals surface area contributed by atoms with E-state index >= 15 is 0 Å². The van der Waals surface area contributed by atoms with Crippen LogP contribution in [-0.4, -0.2) is 4.98 Å². The van der Waals surface area contributed by atoms with E-state index in [-0.39, 0.29) is 5.15 Å². The molecular weight excluding hydrogens is 264 g/mol. The number of halogens is 3. The molecule has 0 aliphatic rings. The van der Waals surface area contributed by atoms with Gasteiger partial charge in [0.2, 0.25) is 0 Å². The lowest BCUT2D eigenvalue weighted by Crippen LogP contribution is -1.96. The summed E-state index contributed by atoms with van der Waals surface area (Å²) in [6.45, 7) is 0. The molecule has 17 heavy (non-hydrogen) atoms. The van der Waals surface area contributed by atoms with E-state index < -0.39 is 5.82 Å². The van der Waals surface area contributed by atoms with E-state index in [1.165, 1.54) is 18.2 Å². The summed E-state index contributed by atoms with van der Waals surface area (Å²) in [6, 6.07) is 7.19. The number of pyridine rings is 1. The SMILES string of the molecule is Nc1cc(Cl)nc(Nc2cc(F)cc(Cl)c2)c1. The fourth-order valence-corrected chi connectivity index (χ4v) is 1.79. The summed E-state index contributed by atoms with van der Waals surface area (Å²) in [5.74, 6) is -0.00772. The molecule has 2 rings (SSSR count). The topological polar surface area (TPSA) is 50.9 Å². The molecular formula is C11H8Cl2FN3. The minimum Gasteiger partial charge on any atom is -0.399 e. The average Bonchev–Trinajstić information content (AvgIpc) is 2.13. The van der Waals surface area contributed by atoms with Crippen LogP contribution in [0.2, 0.25) is 10.2 Å². The number of hydrogen-bond donors (Lipinski definition) is 2. The number of aromatic nitrogens is 1. The number of nitrogens with one attached hydrogen (secondary N) is 1. The maximum Gasteiger partial charge on any atom is 0.134 e. The molecule has 0 unspecified atom stereocenters. The van der Waals surface area contributed by atoms with E-state index in [4.69, 9.17) is 28.9 Å². The Balaban J connectivity index is 2.31. The Labute approximate surface area is 107 Å². The number of hydrogen-bond acceptors (Lipinski definition) is 3. The number of benzene rings is 1. The highest BCUT2D eigenvalue weighted by atomic mass is 35.5. The lowest BCUT2D eigenvalue weighted by Gasteiger charge is -2.07. The first-order chi connectivity index (χ1) is 8.02. The van der Waals surface area contributed by atoms with Crippen LogP contribution in [0.1, 0.15) is 0 Å². The van der Waals surface area contributed by atoms with Crippen molar-refractivity contribution in [1.82, 2.24) is 4.98 Å². The van der Waals surface area contributed by atoms with Crippen molar-refractivity contribution >= 4 is 40.4 Å². The Hall–Kier alpha value is -1.52. The molecule has 1 heterocycles. The summed E-state index contributed by atoms with van der Waals surface area (Å²) in [5.41, 5.74) is 6.55. The van der Waals surface area contributed by atoms with Crippen LogP contribution in [0.25, 0.3) is 0 Å².